The Morgan fingerprint density at radius 1 is 0.739 bits per heavy atom. The van der Waals surface area contributed by atoms with Gasteiger partial charge in [0.2, 0.25) is 0 Å². The average molecular weight is 321 g/mol. The maximum Gasteiger partial charge on any atom is 0.261 e. The van der Waals surface area contributed by atoms with Crippen LogP contribution in [0.3, 0.4) is 0 Å². The first kappa shape index (κ1) is 14.0. The molecule has 0 amide bonds. The third kappa shape index (κ3) is 2.51. The highest BCUT2D eigenvalue weighted by Gasteiger charge is 2.19. The van der Waals surface area contributed by atoms with Crippen LogP contribution in [-0.2, 0) is 16.4 Å². The highest BCUT2D eigenvalue weighted by molar-refractivity contribution is 7.92. The fraction of sp³-hybridized carbons (Fsp3) is 0.0526. The van der Waals surface area contributed by atoms with E-state index in [1.165, 1.54) is 16.7 Å². The molecule has 0 fully saturated rings. The smallest absolute Gasteiger partial charge is 0.261 e. The van der Waals surface area contributed by atoms with Crippen LogP contribution in [0.5, 0.6) is 0 Å². The summed E-state index contributed by atoms with van der Waals surface area (Å²) in [5.74, 6) is 0. The Labute approximate surface area is 135 Å². The fourth-order valence-electron chi connectivity index (χ4n) is 3.02. The Kier molecular flexibility index (Phi) is 3.20. The van der Waals surface area contributed by atoms with Crippen molar-refractivity contribution in [3.63, 3.8) is 0 Å². The molecular weight excluding hydrogens is 306 g/mol. The molecule has 0 heterocycles. The van der Waals surface area contributed by atoms with Crippen molar-refractivity contribution in [1.82, 2.24) is 0 Å². The molecule has 4 rings (SSSR count). The lowest BCUT2D eigenvalue weighted by atomic mass is 10.1. The van der Waals surface area contributed by atoms with Gasteiger partial charge >= 0.3 is 0 Å². The molecule has 0 aromatic heterocycles. The summed E-state index contributed by atoms with van der Waals surface area (Å²) >= 11 is 0. The second-order valence-electron chi connectivity index (χ2n) is 5.62. The zero-order valence-electron chi connectivity index (χ0n) is 12.4. The van der Waals surface area contributed by atoms with Crippen molar-refractivity contribution in [3.05, 3.63) is 83.9 Å². The number of hydrogen-bond acceptors (Lipinski definition) is 2. The summed E-state index contributed by atoms with van der Waals surface area (Å²) in [6, 6.07) is 22.4. The van der Waals surface area contributed by atoms with Crippen LogP contribution in [0.25, 0.3) is 11.1 Å². The van der Waals surface area contributed by atoms with E-state index in [1.807, 2.05) is 30.3 Å². The minimum absolute atomic E-state index is 0.267. The number of nitrogens with one attached hydrogen (secondary N) is 1. The number of rotatable bonds is 3. The third-order valence-electron chi connectivity index (χ3n) is 4.10. The molecule has 3 nitrogen and oxygen atoms in total. The van der Waals surface area contributed by atoms with Gasteiger partial charge in [0.25, 0.3) is 10.0 Å². The van der Waals surface area contributed by atoms with Crippen molar-refractivity contribution in [2.75, 3.05) is 4.72 Å². The van der Waals surface area contributed by atoms with Gasteiger partial charge in [0, 0.05) is 5.69 Å². The van der Waals surface area contributed by atoms with Crippen molar-refractivity contribution in [2.45, 2.75) is 11.3 Å². The molecule has 3 aromatic rings. The average Bonchev–Trinajstić information content (AvgIpc) is 2.93. The quantitative estimate of drug-likeness (QED) is 0.618. The Balaban J connectivity index is 1.67. The van der Waals surface area contributed by atoms with E-state index in [9.17, 15) is 8.42 Å². The lowest BCUT2D eigenvalue weighted by Gasteiger charge is -2.09. The van der Waals surface area contributed by atoms with Crippen LogP contribution in [0.1, 0.15) is 11.1 Å². The molecule has 0 atom stereocenters. The Morgan fingerprint density at radius 2 is 1.43 bits per heavy atom. The molecule has 0 spiro atoms. The van der Waals surface area contributed by atoms with Crippen molar-refractivity contribution >= 4 is 15.7 Å². The van der Waals surface area contributed by atoms with Crippen molar-refractivity contribution in [2.24, 2.45) is 0 Å². The van der Waals surface area contributed by atoms with Gasteiger partial charge in [-0.25, -0.2) is 8.42 Å². The van der Waals surface area contributed by atoms with Crippen LogP contribution in [0.15, 0.2) is 77.7 Å². The third-order valence-corrected chi connectivity index (χ3v) is 5.50. The van der Waals surface area contributed by atoms with Crippen LogP contribution in [0.4, 0.5) is 5.69 Å². The molecule has 1 aliphatic rings. The van der Waals surface area contributed by atoms with E-state index in [1.54, 1.807) is 30.3 Å². The zero-order valence-corrected chi connectivity index (χ0v) is 13.2. The highest BCUT2D eigenvalue weighted by atomic mass is 32.2. The van der Waals surface area contributed by atoms with E-state index in [-0.39, 0.29) is 4.90 Å². The van der Waals surface area contributed by atoms with Gasteiger partial charge in [-0.3, -0.25) is 4.72 Å². The fourth-order valence-corrected chi connectivity index (χ4v) is 4.09. The van der Waals surface area contributed by atoms with Crippen LogP contribution in [-0.4, -0.2) is 8.42 Å². The van der Waals surface area contributed by atoms with Crippen LogP contribution >= 0.6 is 0 Å². The maximum atomic E-state index is 12.4. The van der Waals surface area contributed by atoms with Gasteiger partial charge in [-0.1, -0.05) is 48.5 Å². The molecule has 1 N–H and O–H groups in total. The van der Waals surface area contributed by atoms with Crippen LogP contribution in [0, 0.1) is 0 Å². The molecule has 1 aliphatic carbocycles. The van der Waals surface area contributed by atoms with Crippen LogP contribution in [0.2, 0.25) is 0 Å². The molecule has 0 unspecified atom stereocenters. The molecule has 0 aliphatic heterocycles. The van der Waals surface area contributed by atoms with Crippen molar-refractivity contribution in [3.8, 4) is 11.1 Å². The summed E-state index contributed by atoms with van der Waals surface area (Å²) in [5, 5.41) is 0. The predicted molar refractivity (Wildman–Crippen MR) is 91.9 cm³/mol. The van der Waals surface area contributed by atoms with Gasteiger partial charge in [-0.2, -0.15) is 0 Å². The molecule has 0 saturated heterocycles. The summed E-state index contributed by atoms with van der Waals surface area (Å²) in [7, 11) is -3.55. The maximum absolute atomic E-state index is 12.4. The minimum atomic E-state index is -3.55. The number of anilines is 1. The number of fused-ring (bicyclic) bond motifs is 3. The van der Waals surface area contributed by atoms with Gasteiger partial charge in [-0.05, 0) is 52.9 Å². The monoisotopic (exact) mass is 321 g/mol. The van der Waals surface area contributed by atoms with E-state index >= 15 is 0 Å². The summed E-state index contributed by atoms with van der Waals surface area (Å²) < 4.78 is 27.5. The molecule has 0 radical (unpaired) electrons. The molecular formula is C19H15NO2S. The summed E-state index contributed by atoms with van der Waals surface area (Å²) in [4.78, 5) is 0.267. The summed E-state index contributed by atoms with van der Waals surface area (Å²) in [6.07, 6.45) is 0.840. The number of benzene rings is 3. The van der Waals surface area contributed by atoms with Gasteiger partial charge in [0.15, 0.2) is 0 Å². The molecule has 0 bridgehead atoms. The predicted octanol–water partition coefficient (Wildman–Crippen LogP) is 4.06. The summed E-state index contributed by atoms with van der Waals surface area (Å²) in [6.45, 7) is 0. The molecule has 114 valence electrons. The molecule has 0 saturated carbocycles. The number of hydrogen-bond donors (Lipinski definition) is 1. The minimum Gasteiger partial charge on any atom is -0.280 e. The van der Waals surface area contributed by atoms with Crippen molar-refractivity contribution in [1.29, 1.82) is 0 Å². The van der Waals surface area contributed by atoms with E-state index < -0.39 is 10.0 Å². The highest BCUT2D eigenvalue weighted by Crippen LogP contribution is 2.37. The Hall–Kier alpha value is -2.59. The SMILES string of the molecule is O=S(=O)(Nc1ccc2c(c1)Cc1ccccc1-2)c1ccccc1. The molecule has 4 heteroatoms. The first-order chi connectivity index (χ1) is 11.1. The zero-order chi connectivity index (χ0) is 15.9. The van der Waals surface area contributed by atoms with Crippen molar-refractivity contribution < 1.29 is 8.42 Å². The van der Waals surface area contributed by atoms with Gasteiger partial charge < -0.3 is 0 Å². The standard InChI is InChI=1S/C19H15NO2S/c21-23(22,17-7-2-1-3-8-17)20-16-10-11-19-15(13-16)12-14-6-4-5-9-18(14)19/h1-11,13,20H,12H2. The molecule has 23 heavy (non-hydrogen) atoms. The van der Waals surface area contributed by atoms with Gasteiger partial charge in [-0.15, -0.1) is 0 Å². The first-order valence-electron chi connectivity index (χ1n) is 7.42. The second kappa shape index (κ2) is 5.25. The Morgan fingerprint density at radius 3 is 2.26 bits per heavy atom. The largest absolute Gasteiger partial charge is 0.280 e. The summed E-state index contributed by atoms with van der Waals surface area (Å²) in [5.41, 5.74) is 5.45. The normalized spacial score (nSPS) is 12.5. The van der Waals surface area contributed by atoms with Gasteiger partial charge in [0.1, 0.15) is 0 Å². The number of sulfonamides is 1. The van der Waals surface area contributed by atoms with E-state index in [4.69, 9.17) is 0 Å². The second-order valence-corrected chi connectivity index (χ2v) is 7.31. The van der Waals surface area contributed by atoms with Gasteiger partial charge in [0.05, 0.1) is 4.90 Å². The van der Waals surface area contributed by atoms with E-state index in [0.717, 1.165) is 12.0 Å². The Bertz CT molecular complexity index is 979. The van der Waals surface area contributed by atoms with Crippen LogP contribution < -0.4 is 4.72 Å². The molecule has 3 aromatic carbocycles. The lowest BCUT2D eigenvalue weighted by Crippen LogP contribution is -2.12. The first-order valence-corrected chi connectivity index (χ1v) is 8.91. The topological polar surface area (TPSA) is 46.2 Å². The van der Waals surface area contributed by atoms with E-state index in [2.05, 4.69) is 16.9 Å². The van der Waals surface area contributed by atoms with E-state index in [0.29, 0.717) is 5.69 Å². The lowest BCUT2D eigenvalue weighted by molar-refractivity contribution is 0.601.